The van der Waals surface area contributed by atoms with Crippen molar-refractivity contribution in [2.45, 2.75) is 6.04 Å². The molecule has 6 heteroatoms. The van der Waals surface area contributed by atoms with E-state index >= 15 is 0 Å². The lowest BCUT2D eigenvalue weighted by Gasteiger charge is -2.15. The molecule has 2 aromatic carbocycles. The first kappa shape index (κ1) is 14.9. The van der Waals surface area contributed by atoms with Crippen LogP contribution in [0.4, 0.5) is 0 Å². The van der Waals surface area contributed by atoms with E-state index in [9.17, 15) is 19.8 Å². The summed E-state index contributed by atoms with van der Waals surface area (Å²) in [5.41, 5.74) is 0.452. The first-order valence-electron chi connectivity index (χ1n) is 6.06. The molecule has 0 saturated carbocycles. The molecule has 0 spiro atoms. The molecule has 5 nitrogen and oxygen atoms in total. The number of carboxylic acid groups (broad SMARTS) is 1. The van der Waals surface area contributed by atoms with Crippen molar-refractivity contribution in [3.8, 4) is 5.75 Å². The summed E-state index contributed by atoms with van der Waals surface area (Å²) >= 11 is 5.88. The van der Waals surface area contributed by atoms with Crippen molar-refractivity contribution < 1.29 is 19.8 Å². The predicted molar refractivity (Wildman–Crippen MR) is 77.4 cm³/mol. The molecule has 0 aliphatic carbocycles. The fourth-order valence-corrected chi connectivity index (χ4v) is 2.03. The summed E-state index contributed by atoms with van der Waals surface area (Å²) in [7, 11) is 0. The Morgan fingerprint density at radius 2 is 1.76 bits per heavy atom. The molecular weight excluding hydrogens is 294 g/mol. The summed E-state index contributed by atoms with van der Waals surface area (Å²) in [5, 5.41) is 21.2. The largest absolute Gasteiger partial charge is 0.508 e. The molecule has 0 bridgehead atoms. The Balaban J connectivity index is 2.27. The van der Waals surface area contributed by atoms with Gasteiger partial charge in [0.05, 0.1) is 10.6 Å². The summed E-state index contributed by atoms with van der Waals surface area (Å²) in [6.07, 6.45) is 0. The van der Waals surface area contributed by atoms with E-state index in [4.69, 9.17) is 11.6 Å². The Labute approximate surface area is 125 Å². The normalized spacial score (nSPS) is 11.7. The van der Waals surface area contributed by atoms with Gasteiger partial charge in [-0.05, 0) is 23.8 Å². The van der Waals surface area contributed by atoms with E-state index in [0.29, 0.717) is 5.56 Å². The molecule has 0 fully saturated rings. The highest BCUT2D eigenvalue weighted by molar-refractivity contribution is 6.33. The van der Waals surface area contributed by atoms with Gasteiger partial charge in [0, 0.05) is 0 Å². The van der Waals surface area contributed by atoms with Crippen LogP contribution in [0.3, 0.4) is 0 Å². The van der Waals surface area contributed by atoms with Crippen LogP contribution in [0.2, 0.25) is 5.02 Å². The number of rotatable bonds is 4. The number of carboxylic acids is 1. The Kier molecular flexibility index (Phi) is 4.45. The van der Waals surface area contributed by atoms with Crippen LogP contribution in [0.25, 0.3) is 0 Å². The quantitative estimate of drug-likeness (QED) is 0.810. The van der Waals surface area contributed by atoms with E-state index < -0.39 is 17.9 Å². The fourth-order valence-electron chi connectivity index (χ4n) is 1.83. The third-order valence-corrected chi connectivity index (χ3v) is 3.18. The van der Waals surface area contributed by atoms with Crippen LogP contribution in [-0.2, 0) is 4.79 Å². The topological polar surface area (TPSA) is 86.6 Å². The number of carbonyl (C=O) groups excluding carboxylic acids is 1. The SMILES string of the molecule is O=C(N[C@@H](C(=O)O)c1ccccc1)c1cc(O)ccc1Cl. The lowest BCUT2D eigenvalue weighted by molar-refractivity contribution is -0.139. The Bertz CT molecular complexity index is 673. The maximum absolute atomic E-state index is 12.1. The number of aliphatic carboxylic acids is 1. The molecule has 21 heavy (non-hydrogen) atoms. The van der Waals surface area contributed by atoms with Gasteiger partial charge in [-0.1, -0.05) is 41.9 Å². The minimum absolute atomic E-state index is 0.0128. The lowest BCUT2D eigenvalue weighted by Crippen LogP contribution is -2.33. The van der Waals surface area contributed by atoms with Gasteiger partial charge in [-0.25, -0.2) is 4.79 Å². The monoisotopic (exact) mass is 305 g/mol. The minimum Gasteiger partial charge on any atom is -0.508 e. The van der Waals surface area contributed by atoms with Crippen molar-refractivity contribution in [2.75, 3.05) is 0 Å². The zero-order valence-electron chi connectivity index (χ0n) is 10.8. The number of phenolic OH excluding ortho intramolecular Hbond substituents is 1. The molecule has 0 aliphatic heterocycles. The van der Waals surface area contributed by atoms with E-state index in [1.807, 2.05) is 0 Å². The Morgan fingerprint density at radius 3 is 2.38 bits per heavy atom. The number of hydrogen-bond donors (Lipinski definition) is 3. The average Bonchev–Trinajstić information content (AvgIpc) is 2.47. The van der Waals surface area contributed by atoms with Crippen molar-refractivity contribution in [1.29, 1.82) is 0 Å². The molecule has 0 aromatic heterocycles. The van der Waals surface area contributed by atoms with Gasteiger partial charge in [0.15, 0.2) is 6.04 Å². The molecule has 1 atom stereocenters. The van der Waals surface area contributed by atoms with Crippen LogP contribution in [0.1, 0.15) is 22.0 Å². The highest BCUT2D eigenvalue weighted by Gasteiger charge is 2.23. The zero-order valence-corrected chi connectivity index (χ0v) is 11.5. The van der Waals surface area contributed by atoms with Gasteiger partial charge in [-0.3, -0.25) is 4.79 Å². The summed E-state index contributed by atoms with van der Waals surface area (Å²) in [6, 6.07) is 11.0. The summed E-state index contributed by atoms with van der Waals surface area (Å²) in [4.78, 5) is 23.5. The second-order valence-corrected chi connectivity index (χ2v) is 4.73. The summed E-state index contributed by atoms with van der Waals surface area (Å²) in [6.45, 7) is 0. The smallest absolute Gasteiger partial charge is 0.330 e. The van der Waals surface area contributed by atoms with Gasteiger partial charge in [-0.2, -0.15) is 0 Å². The number of phenols is 1. The first-order chi connectivity index (χ1) is 9.99. The second kappa shape index (κ2) is 6.28. The molecule has 0 heterocycles. The molecule has 0 aliphatic rings. The number of amides is 1. The van der Waals surface area contributed by atoms with Gasteiger partial charge < -0.3 is 15.5 Å². The van der Waals surface area contributed by atoms with Crippen LogP contribution in [0.15, 0.2) is 48.5 Å². The van der Waals surface area contributed by atoms with Crippen molar-refractivity contribution in [2.24, 2.45) is 0 Å². The third kappa shape index (κ3) is 3.52. The van der Waals surface area contributed by atoms with Crippen LogP contribution >= 0.6 is 11.6 Å². The van der Waals surface area contributed by atoms with Gasteiger partial charge >= 0.3 is 5.97 Å². The molecule has 3 N–H and O–H groups in total. The van der Waals surface area contributed by atoms with Crippen LogP contribution in [0, 0.1) is 0 Å². The molecule has 2 rings (SSSR count). The van der Waals surface area contributed by atoms with Crippen LogP contribution in [0.5, 0.6) is 5.75 Å². The minimum atomic E-state index is -1.20. The molecular formula is C15H12ClNO4. The summed E-state index contributed by atoms with van der Waals surface area (Å²) < 4.78 is 0. The van der Waals surface area contributed by atoms with E-state index in [0.717, 1.165) is 0 Å². The number of halogens is 1. The third-order valence-electron chi connectivity index (χ3n) is 2.85. The Morgan fingerprint density at radius 1 is 1.10 bits per heavy atom. The fraction of sp³-hybridized carbons (Fsp3) is 0.0667. The molecule has 1 amide bonds. The van der Waals surface area contributed by atoms with Crippen LogP contribution < -0.4 is 5.32 Å². The van der Waals surface area contributed by atoms with Crippen molar-refractivity contribution in [1.82, 2.24) is 5.32 Å². The number of carbonyl (C=O) groups is 2. The van der Waals surface area contributed by atoms with Crippen molar-refractivity contribution >= 4 is 23.5 Å². The lowest BCUT2D eigenvalue weighted by atomic mass is 10.1. The van der Waals surface area contributed by atoms with Gasteiger partial charge in [0.2, 0.25) is 0 Å². The number of hydrogen-bond acceptors (Lipinski definition) is 3. The summed E-state index contributed by atoms with van der Waals surface area (Å²) in [5.74, 6) is -1.99. The number of benzene rings is 2. The van der Waals surface area contributed by atoms with Gasteiger partial charge in [0.25, 0.3) is 5.91 Å². The standard InChI is InChI=1S/C15H12ClNO4/c16-12-7-6-10(18)8-11(12)14(19)17-13(15(20)21)9-4-2-1-3-5-9/h1-8,13,18H,(H,17,19)(H,20,21)/t13-/m1/s1. The van der Waals surface area contributed by atoms with Crippen LogP contribution in [-0.4, -0.2) is 22.1 Å². The number of nitrogens with one attached hydrogen (secondary N) is 1. The molecule has 0 unspecified atom stereocenters. The highest BCUT2D eigenvalue weighted by atomic mass is 35.5. The van der Waals surface area contributed by atoms with E-state index in [1.165, 1.54) is 18.2 Å². The van der Waals surface area contributed by atoms with Crippen molar-refractivity contribution in [3.05, 3.63) is 64.7 Å². The van der Waals surface area contributed by atoms with E-state index in [-0.39, 0.29) is 16.3 Å². The molecule has 108 valence electrons. The van der Waals surface area contributed by atoms with E-state index in [1.54, 1.807) is 30.3 Å². The average molecular weight is 306 g/mol. The van der Waals surface area contributed by atoms with E-state index in [2.05, 4.69) is 5.32 Å². The first-order valence-corrected chi connectivity index (χ1v) is 6.44. The van der Waals surface area contributed by atoms with Crippen molar-refractivity contribution in [3.63, 3.8) is 0 Å². The molecule has 0 saturated heterocycles. The maximum Gasteiger partial charge on any atom is 0.330 e. The highest BCUT2D eigenvalue weighted by Crippen LogP contribution is 2.22. The number of aromatic hydroxyl groups is 1. The zero-order chi connectivity index (χ0) is 15.4. The van der Waals surface area contributed by atoms with Gasteiger partial charge in [0.1, 0.15) is 5.75 Å². The predicted octanol–water partition coefficient (Wildman–Crippen LogP) is 2.60. The second-order valence-electron chi connectivity index (χ2n) is 4.32. The Hall–Kier alpha value is -2.53. The van der Waals surface area contributed by atoms with Gasteiger partial charge in [-0.15, -0.1) is 0 Å². The molecule has 2 aromatic rings. The molecule has 0 radical (unpaired) electrons. The maximum atomic E-state index is 12.1.